The molecule has 3 aromatic rings. The average molecular weight is 519 g/mol. The number of oxazole rings is 1. The first kappa shape index (κ1) is 25.5. The van der Waals surface area contributed by atoms with E-state index in [0.29, 0.717) is 61.4 Å². The molecule has 1 aromatic carbocycles. The molecule has 1 amide bonds. The van der Waals surface area contributed by atoms with Gasteiger partial charge >= 0.3 is 11.9 Å². The molecule has 1 unspecified atom stereocenters. The number of fused-ring (bicyclic) bond motifs is 2. The quantitative estimate of drug-likeness (QED) is 0.516. The summed E-state index contributed by atoms with van der Waals surface area (Å²) in [5.41, 5.74) is 2.70. The van der Waals surface area contributed by atoms with Gasteiger partial charge in [0.2, 0.25) is 5.91 Å². The number of hydrogen-bond donors (Lipinski definition) is 0. The molecule has 4 heterocycles. The number of aromatic nitrogens is 2. The Bertz CT molecular complexity index is 1410. The second kappa shape index (κ2) is 9.29. The summed E-state index contributed by atoms with van der Waals surface area (Å²) in [5, 5.41) is 0. The number of ether oxygens (including phenoxy) is 1. The number of halogens is 3. The van der Waals surface area contributed by atoms with Crippen LogP contribution in [-0.4, -0.2) is 58.6 Å². The Morgan fingerprint density at radius 1 is 1.24 bits per heavy atom. The zero-order valence-corrected chi connectivity index (χ0v) is 21.0. The molecular formula is C26H29F3N4O4. The van der Waals surface area contributed by atoms with Crippen LogP contribution >= 0.6 is 0 Å². The van der Waals surface area contributed by atoms with E-state index in [4.69, 9.17) is 9.15 Å². The second-order valence-electron chi connectivity index (χ2n) is 10.2. The highest BCUT2D eigenvalue weighted by molar-refractivity contribution is 5.84. The van der Waals surface area contributed by atoms with Crippen molar-refractivity contribution in [3.63, 3.8) is 0 Å². The number of carbonyl (C=O) groups is 1. The first-order valence-electron chi connectivity index (χ1n) is 12.2. The Labute approximate surface area is 211 Å². The van der Waals surface area contributed by atoms with Gasteiger partial charge < -0.3 is 14.1 Å². The highest BCUT2D eigenvalue weighted by Gasteiger charge is 2.47. The summed E-state index contributed by atoms with van der Waals surface area (Å²) < 4.78 is 51.9. The van der Waals surface area contributed by atoms with Crippen LogP contribution in [0.3, 0.4) is 0 Å². The van der Waals surface area contributed by atoms with Crippen molar-refractivity contribution in [2.75, 3.05) is 33.4 Å². The summed E-state index contributed by atoms with van der Waals surface area (Å²) in [6.07, 6.45) is -2.64. The van der Waals surface area contributed by atoms with E-state index in [1.807, 2.05) is 19.1 Å². The zero-order chi connectivity index (χ0) is 26.5. The smallest absolute Gasteiger partial charge is 0.408 e. The lowest BCUT2D eigenvalue weighted by molar-refractivity contribution is -0.145. The number of amides is 1. The number of carbonyl (C=O) groups excluding carboxylic acids is 1. The van der Waals surface area contributed by atoms with Crippen LogP contribution in [0, 0.1) is 12.3 Å². The molecule has 0 spiro atoms. The minimum atomic E-state index is -4.48. The van der Waals surface area contributed by atoms with Crippen LogP contribution in [0.1, 0.15) is 34.4 Å². The number of alkyl halides is 3. The SMILES string of the molecule is COCC1(C(=O)N2CCc3ncc(C(F)(F)F)cc3C2)CCN(Cc2cc3c(cc2C)oc(=O)n3C)C1. The van der Waals surface area contributed by atoms with E-state index in [2.05, 4.69) is 9.88 Å². The molecule has 1 saturated heterocycles. The van der Waals surface area contributed by atoms with Crippen LogP contribution in [0.25, 0.3) is 11.1 Å². The molecule has 0 N–H and O–H groups in total. The predicted octanol–water partition coefficient (Wildman–Crippen LogP) is 3.28. The Morgan fingerprint density at radius 2 is 2.03 bits per heavy atom. The predicted molar refractivity (Wildman–Crippen MR) is 129 cm³/mol. The van der Waals surface area contributed by atoms with E-state index in [9.17, 15) is 22.8 Å². The molecule has 0 saturated carbocycles. The van der Waals surface area contributed by atoms with Crippen molar-refractivity contribution in [3.05, 3.63) is 62.9 Å². The minimum Gasteiger partial charge on any atom is -0.408 e. The number of benzene rings is 1. The van der Waals surface area contributed by atoms with Gasteiger partial charge in [0, 0.05) is 58.6 Å². The van der Waals surface area contributed by atoms with Gasteiger partial charge in [-0.2, -0.15) is 13.2 Å². The van der Waals surface area contributed by atoms with Crippen LogP contribution in [0.15, 0.2) is 33.6 Å². The van der Waals surface area contributed by atoms with Crippen LogP contribution in [0.2, 0.25) is 0 Å². The van der Waals surface area contributed by atoms with Crippen LogP contribution in [0.5, 0.6) is 0 Å². The van der Waals surface area contributed by atoms with Gasteiger partial charge in [-0.15, -0.1) is 0 Å². The fourth-order valence-electron chi connectivity index (χ4n) is 5.54. The van der Waals surface area contributed by atoms with Crippen LogP contribution in [-0.2, 0) is 42.3 Å². The Balaban J connectivity index is 1.35. The zero-order valence-electron chi connectivity index (χ0n) is 21.0. The van der Waals surface area contributed by atoms with E-state index in [0.717, 1.165) is 23.4 Å². The molecule has 0 bridgehead atoms. The van der Waals surface area contributed by atoms with Gasteiger partial charge in [0.15, 0.2) is 5.58 Å². The number of aryl methyl sites for hydroxylation is 2. The first-order chi connectivity index (χ1) is 17.5. The minimum absolute atomic E-state index is 0.0981. The summed E-state index contributed by atoms with van der Waals surface area (Å²) in [6.45, 7) is 4.40. The molecule has 5 rings (SSSR count). The Kier molecular flexibility index (Phi) is 6.39. The van der Waals surface area contributed by atoms with Crippen molar-refractivity contribution in [1.29, 1.82) is 0 Å². The number of methoxy groups -OCH3 is 1. The highest BCUT2D eigenvalue weighted by Crippen LogP contribution is 2.37. The van der Waals surface area contributed by atoms with Gasteiger partial charge in [-0.1, -0.05) is 0 Å². The number of nitrogens with zero attached hydrogens (tertiary/aromatic N) is 4. The molecule has 2 aromatic heterocycles. The molecule has 0 radical (unpaired) electrons. The number of hydrogen-bond acceptors (Lipinski definition) is 6. The van der Waals surface area contributed by atoms with E-state index >= 15 is 0 Å². The molecule has 2 aliphatic rings. The molecular weight excluding hydrogens is 489 g/mol. The Morgan fingerprint density at radius 3 is 2.76 bits per heavy atom. The summed E-state index contributed by atoms with van der Waals surface area (Å²) in [6, 6.07) is 4.90. The van der Waals surface area contributed by atoms with Crippen LogP contribution < -0.4 is 5.76 Å². The molecule has 2 aliphatic heterocycles. The van der Waals surface area contributed by atoms with Crippen molar-refractivity contribution in [2.24, 2.45) is 12.5 Å². The second-order valence-corrected chi connectivity index (χ2v) is 10.2. The van der Waals surface area contributed by atoms with Gasteiger partial charge in [-0.3, -0.25) is 19.2 Å². The number of pyridine rings is 1. The molecule has 8 nitrogen and oxygen atoms in total. The summed E-state index contributed by atoms with van der Waals surface area (Å²) in [5.74, 6) is -0.526. The molecule has 1 atom stereocenters. The fraction of sp³-hybridized carbons (Fsp3) is 0.500. The normalized spacial score (nSPS) is 20.5. The third-order valence-corrected chi connectivity index (χ3v) is 7.61. The summed E-state index contributed by atoms with van der Waals surface area (Å²) >= 11 is 0. The molecule has 0 aliphatic carbocycles. The number of rotatable bonds is 5. The molecule has 37 heavy (non-hydrogen) atoms. The number of likely N-dealkylation sites (tertiary alicyclic amines) is 1. The lowest BCUT2D eigenvalue weighted by atomic mass is 9.85. The van der Waals surface area contributed by atoms with Crippen molar-refractivity contribution in [3.8, 4) is 0 Å². The van der Waals surface area contributed by atoms with Gasteiger partial charge in [-0.05, 0) is 54.8 Å². The van der Waals surface area contributed by atoms with Gasteiger partial charge in [0.05, 0.1) is 23.1 Å². The van der Waals surface area contributed by atoms with E-state index in [1.165, 1.54) is 4.57 Å². The molecule has 198 valence electrons. The summed E-state index contributed by atoms with van der Waals surface area (Å²) in [7, 11) is 3.22. The largest absolute Gasteiger partial charge is 0.419 e. The lowest BCUT2D eigenvalue weighted by Crippen LogP contribution is -2.49. The topological polar surface area (TPSA) is 80.8 Å². The molecule has 1 fully saturated rings. The maximum absolute atomic E-state index is 13.8. The van der Waals surface area contributed by atoms with Crippen LogP contribution in [0.4, 0.5) is 13.2 Å². The van der Waals surface area contributed by atoms with E-state index in [1.54, 1.807) is 19.1 Å². The third-order valence-electron chi connectivity index (χ3n) is 7.61. The standard InChI is InChI=1S/C26H29F3N4O4/c1-16-8-22-21(31(2)24(35)37-22)10-17(16)12-32-7-5-25(14-32,15-36-3)23(34)33-6-4-20-18(13-33)9-19(11-30-20)26(27,28)29/h8-11H,4-7,12-15H2,1-3H3. The van der Waals surface area contributed by atoms with Gasteiger partial charge in [-0.25, -0.2) is 4.79 Å². The maximum atomic E-state index is 13.8. The summed E-state index contributed by atoms with van der Waals surface area (Å²) in [4.78, 5) is 33.6. The lowest BCUT2D eigenvalue weighted by Gasteiger charge is -2.36. The average Bonchev–Trinajstić information content (AvgIpc) is 3.38. The van der Waals surface area contributed by atoms with Gasteiger partial charge in [0.25, 0.3) is 0 Å². The fourth-order valence-corrected chi connectivity index (χ4v) is 5.54. The monoisotopic (exact) mass is 518 g/mol. The van der Waals surface area contributed by atoms with Gasteiger partial charge in [0.1, 0.15) is 0 Å². The highest BCUT2D eigenvalue weighted by atomic mass is 19.4. The van der Waals surface area contributed by atoms with Crippen molar-refractivity contribution >= 4 is 17.0 Å². The Hall–Kier alpha value is -3.18. The van der Waals surface area contributed by atoms with Crippen molar-refractivity contribution < 1.29 is 27.1 Å². The van der Waals surface area contributed by atoms with Crippen molar-refractivity contribution in [2.45, 2.75) is 39.0 Å². The first-order valence-corrected chi connectivity index (χ1v) is 12.2. The third kappa shape index (κ3) is 4.66. The van der Waals surface area contributed by atoms with Crippen molar-refractivity contribution in [1.82, 2.24) is 19.4 Å². The maximum Gasteiger partial charge on any atom is 0.419 e. The van der Waals surface area contributed by atoms with E-state index in [-0.39, 0.29) is 19.1 Å². The van der Waals surface area contributed by atoms with E-state index < -0.39 is 22.9 Å². The molecule has 11 heteroatoms.